The van der Waals surface area contributed by atoms with Crippen molar-refractivity contribution in [3.05, 3.63) is 23.9 Å². The summed E-state index contributed by atoms with van der Waals surface area (Å²) in [7, 11) is 0. The molecule has 72 valence electrons. The molecule has 0 saturated carbocycles. The highest BCUT2D eigenvalue weighted by Crippen LogP contribution is 2.07. The van der Waals surface area contributed by atoms with Gasteiger partial charge in [-0.3, -0.25) is 0 Å². The zero-order chi connectivity index (χ0) is 9.52. The number of unbranched alkanes of at least 4 members (excludes halogenated alkanes) is 3. The molecule has 2 heteroatoms. The molecule has 1 aromatic rings. The standard InChI is InChI=1S/C11H18N2/c1-2-3-4-5-7-10-8-6-9-11(12)13-10/h6,8-9H,2-5,7H2,1H3,(H2,12,13). The van der Waals surface area contributed by atoms with E-state index in [4.69, 9.17) is 5.73 Å². The van der Waals surface area contributed by atoms with Crippen molar-refractivity contribution < 1.29 is 0 Å². The number of nitrogens with zero attached hydrogens (tertiary/aromatic N) is 1. The monoisotopic (exact) mass is 178 g/mol. The fourth-order valence-corrected chi connectivity index (χ4v) is 1.37. The Kier molecular flexibility index (Phi) is 4.30. The molecule has 0 radical (unpaired) electrons. The van der Waals surface area contributed by atoms with Crippen LogP contribution in [-0.2, 0) is 6.42 Å². The predicted octanol–water partition coefficient (Wildman–Crippen LogP) is 2.79. The zero-order valence-electron chi connectivity index (χ0n) is 8.29. The van der Waals surface area contributed by atoms with Crippen molar-refractivity contribution in [1.29, 1.82) is 0 Å². The quantitative estimate of drug-likeness (QED) is 0.704. The number of nitrogens with two attached hydrogens (primary N) is 1. The lowest BCUT2D eigenvalue weighted by atomic mass is 10.1. The normalized spacial score (nSPS) is 10.2. The van der Waals surface area contributed by atoms with Gasteiger partial charge >= 0.3 is 0 Å². The first-order chi connectivity index (χ1) is 6.33. The maximum absolute atomic E-state index is 5.58. The molecular formula is C11H18N2. The SMILES string of the molecule is CCCCCCc1cccc(N)n1. The van der Waals surface area contributed by atoms with Crippen LogP contribution in [0.2, 0.25) is 0 Å². The summed E-state index contributed by atoms with van der Waals surface area (Å²) >= 11 is 0. The van der Waals surface area contributed by atoms with E-state index >= 15 is 0 Å². The van der Waals surface area contributed by atoms with Crippen LogP contribution in [0.1, 0.15) is 38.3 Å². The van der Waals surface area contributed by atoms with Gasteiger partial charge < -0.3 is 5.73 Å². The van der Waals surface area contributed by atoms with Crippen molar-refractivity contribution in [3.8, 4) is 0 Å². The topological polar surface area (TPSA) is 38.9 Å². The molecule has 0 amide bonds. The van der Waals surface area contributed by atoms with Crippen LogP contribution in [0, 0.1) is 0 Å². The lowest BCUT2D eigenvalue weighted by Gasteiger charge is -2.00. The molecule has 1 aromatic heterocycles. The van der Waals surface area contributed by atoms with Gasteiger partial charge in [0.1, 0.15) is 5.82 Å². The van der Waals surface area contributed by atoms with Crippen LogP contribution in [0.25, 0.3) is 0 Å². The highest BCUT2D eigenvalue weighted by molar-refractivity contribution is 5.28. The average Bonchev–Trinajstić information content (AvgIpc) is 2.13. The van der Waals surface area contributed by atoms with Crippen LogP contribution in [0.5, 0.6) is 0 Å². The van der Waals surface area contributed by atoms with Crippen LogP contribution in [0.15, 0.2) is 18.2 Å². The number of hydrogen-bond acceptors (Lipinski definition) is 2. The first kappa shape index (κ1) is 10.0. The minimum Gasteiger partial charge on any atom is -0.384 e. The maximum atomic E-state index is 5.58. The van der Waals surface area contributed by atoms with Crippen molar-refractivity contribution in [2.24, 2.45) is 0 Å². The predicted molar refractivity (Wildman–Crippen MR) is 56.5 cm³/mol. The van der Waals surface area contributed by atoms with Crippen LogP contribution < -0.4 is 5.73 Å². The van der Waals surface area contributed by atoms with Gasteiger partial charge in [-0.15, -0.1) is 0 Å². The van der Waals surface area contributed by atoms with Gasteiger partial charge in [0.05, 0.1) is 0 Å². The molecular weight excluding hydrogens is 160 g/mol. The average molecular weight is 178 g/mol. The first-order valence-corrected chi connectivity index (χ1v) is 5.04. The molecule has 0 atom stereocenters. The number of anilines is 1. The molecule has 0 spiro atoms. The molecule has 0 bridgehead atoms. The number of hydrogen-bond donors (Lipinski definition) is 1. The van der Waals surface area contributed by atoms with E-state index in [-0.39, 0.29) is 0 Å². The maximum Gasteiger partial charge on any atom is 0.123 e. The number of nitrogen functional groups attached to an aromatic ring is 1. The molecule has 2 nitrogen and oxygen atoms in total. The van der Waals surface area contributed by atoms with Crippen molar-refractivity contribution >= 4 is 5.82 Å². The zero-order valence-corrected chi connectivity index (χ0v) is 8.29. The third-order valence-corrected chi connectivity index (χ3v) is 2.11. The Morgan fingerprint density at radius 3 is 2.77 bits per heavy atom. The van der Waals surface area contributed by atoms with Crippen molar-refractivity contribution in [3.63, 3.8) is 0 Å². The third-order valence-electron chi connectivity index (χ3n) is 2.11. The molecule has 0 aliphatic rings. The van der Waals surface area contributed by atoms with Gasteiger partial charge in [-0.1, -0.05) is 32.3 Å². The Balaban J connectivity index is 2.28. The van der Waals surface area contributed by atoms with Crippen LogP contribution in [-0.4, -0.2) is 4.98 Å². The second-order valence-electron chi connectivity index (χ2n) is 3.36. The summed E-state index contributed by atoms with van der Waals surface area (Å²) < 4.78 is 0. The van der Waals surface area contributed by atoms with E-state index in [2.05, 4.69) is 11.9 Å². The fraction of sp³-hybridized carbons (Fsp3) is 0.545. The molecule has 2 N–H and O–H groups in total. The summed E-state index contributed by atoms with van der Waals surface area (Å²) in [4.78, 5) is 4.25. The Labute approximate surface area is 80.2 Å². The number of aromatic nitrogens is 1. The molecule has 0 aliphatic carbocycles. The number of rotatable bonds is 5. The third kappa shape index (κ3) is 3.92. The highest BCUT2D eigenvalue weighted by Gasteiger charge is 1.94. The van der Waals surface area contributed by atoms with Gasteiger partial charge in [-0.2, -0.15) is 0 Å². The Morgan fingerprint density at radius 1 is 1.23 bits per heavy atom. The van der Waals surface area contributed by atoms with E-state index < -0.39 is 0 Å². The highest BCUT2D eigenvalue weighted by atomic mass is 14.8. The summed E-state index contributed by atoms with van der Waals surface area (Å²) in [5.41, 5.74) is 6.70. The lowest BCUT2D eigenvalue weighted by Crippen LogP contribution is -1.95. The summed E-state index contributed by atoms with van der Waals surface area (Å²) in [5, 5.41) is 0. The molecule has 0 fully saturated rings. The molecule has 13 heavy (non-hydrogen) atoms. The van der Waals surface area contributed by atoms with Crippen molar-refractivity contribution in [2.45, 2.75) is 39.0 Å². The van der Waals surface area contributed by atoms with Crippen molar-refractivity contribution in [1.82, 2.24) is 4.98 Å². The van der Waals surface area contributed by atoms with E-state index in [1.165, 1.54) is 25.7 Å². The van der Waals surface area contributed by atoms with Gasteiger partial charge in [0.25, 0.3) is 0 Å². The summed E-state index contributed by atoms with van der Waals surface area (Å²) in [6.07, 6.45) is 6.19. The van der Waals surface area contributed by atoms with Gasteiger partial charge in [-0.25, -0.2) is 4.98 Å². The van der Waals surface area contributed by atoms with E-state index in [1.807, 2.05) is 18.2 Å². The van der Waals surface area contributed by atoms with E-state index in [1.54, 1.807) is 0 Å². The Morgan fingerprint density at radius 2 is 2.08 bits per heavy atom. The second-order valence-corrected chi connectivity index (χ2v) is 3.36. The van der Waals surface area contributed by atoms with Crippen molar-refractivity contribution in [2.75, 3.05) is 5.73 Å². The second kappa shape index (κ2) is 5.57. The minimum atomic E-state index is 0.632. The summed E-state index contributed by atoms with van der Waals surface area (Å²) in [5.74, 6) is 0.632. The first-order valence-electron chi connectivity index (χ1n) is 5.04. The van der Waals surface area contributed by atoms with Crippen LogP contribution in [0.4, 0.5) is 5.82 Å². The lowest BCUT2D eigenvalue weighted by molar-refractivity contribution is 0.661. The van der Waals surface area contributed by atoms with E-state index in [0.29, 0.717) is 5.82 Å². The number of aryl methyl sites for hydroxylation is 1. The fourth-order valence-electron chi connectivity index (χ4n) is 1.37. The molecule has 1 heterocycles. The Bertz CT molecular complexity index is 246. The minimum absolute atomic E-state index is 0.632. The van der Waals surface area contributed by atoms with Gasteiger partial charge in [0.15, 0.2) is 0 Å². The molecule has 0 saturated heterocycles. The summed E-state index contributed by atoms with van der Waals surface area (Å²) in [6.45, 7) is 2.22. The molecule has 0 unspecified atom stereocenters. The van der Waals surface area contributed by atoms with E-state index in [9.17, 15) is 0 Å². The van der Waals surface area contributed by atoms with Gasteiger partial charge in [-0.05, 0) is 25.0 Å². The Hall–Kier alpha value is -1.05. The molecule has 0 aromatic carbocycles. The van der Waals surface area contributed by atoms with Crippen LogP contribution in [0.3, 0.4) is 0 Å². The van der Waals surface area contributed by atoms with Gasteiger partial charge in [0.2, 0.25) is 0 Å². The largest absolute Gasteiger partial charge is 0.384 e. The van der Waals surface area contributed by atoms with Gasteiger partial charge in [0, 0.05) is 5.69 Å². The van der Waals surface area contributed by atoms with Crippen LogP contribution >= 0.6 is 0 Å². The smallest absolute Gasteiger partial charge is 0.123 e. The summed E-state index contributed by atoms with van der Waals surface area (Å²) in [6, 6.07) is 5.84. The molecule has 1 rings (SSSR count). The van der Waals surface area contributed by atoms with E-state index in [0.717, 1.165) is 12.1 Å². The molecule has 0 aliphatic heterocycles. The number of pyridine rings is 1.